The minimum atomic E-state index is -4.00. The van der Waals surface area contributed by atoms with E-state index in [1.165, 1.54) is 22.5 Å². The van der Waals surface area contributed by atoms with Crippen LogP contribution in [0.4, 0.5) is 10.1 Å². The number of hydrogen-bond donors (Lipinski definition) is 0. The Kier molecular flexibility index (Phi) is 6.53. The number of sulfonamides is 1. The summed E-state index contributed by atoms with van der Waals surface area (Å²) >= 11 is 0. The van der Waals surface area contributed by atoms with Crippen LogP contribution in [-0.2, 0) is 21.2 Å². The first-order valence-electron chi connectivity index (χ1n) is 12.1. The lowest BCUT2D eigenvalue weighted by atomic mass is 9.97. The Morgan fingerprint density at radius 2 is 1.89 bits per heavy atom. The molecule has 0 aliphatic carbocycles. The maximum atomic E-state index is 14.0. The number of hydrogen-bond acceptors (Lipinski definition) is 5. The SMILES string of the molecule is Cc1noc(/C=C/c2ccccc2F)c1S(=O)(=O)N1CCC[C@H](C(=O)N2c3ccccc3C[C@@H]2C)C1. The van der Waals surface area contributed by atoms with Gasteiger partial charge >= 0.3 is 0 Å². The molecule has 2 aliphatic heterocycles. The first-order chi connectivity index (χ1) is 17.3. The second-order valence-corrected chi connectivity index (χ2v) is 11.3. The molecule has 2 aromatic carbocycles. The lowest BCUT2D eigenvalue weighted by molar-refractivity contribution is -0.123. The van der Waals surface area contributed by atoms with Gasteiger partial charge < -0.3 is 9.42 Å². The quantitative estimate of drug-likeness (QED) is 0.499. The zero-order chi connectivity index (χ0) is 25.4. The lowest BCUT2D eigenvalue weighted by Gasteiger charge is -2.34. The summed E-state index contributed by atoms with van der Waals surface area (Å²) in [5.41, 5.74) is 2.56. The third-order valence-corrected chi connectivity index (χ3v) is 8.95. The first-order valence-corrected chi connectivity index (χ1v) is 13.5. The minimum Gasteiger partial charge on any atom is -0.355 e. The van der Waals surface area contributed by atoms with Crippen molar-refractivity contribution in [1.82, 2.24) is 9.46 Å². The molecule has 0 N–H and O–H groups in total. The molecule has 3 aromatic rings. The van der Waals surface area contributed by atoms with Crippen molar-refractivity contribution in [2.24, 2.45) is 5.92 Å². The average Bonchev–Trinajstić information content (AvgIpc) is 3.42. The van der Waals surface area contributed by atoms with E-state index in [1.54, 1.807) is 25.1 Å². The molecule has 0 radical (unpaired) electrons. The fraction of sp³-hybridized carbons (Fsp3) is 0.333. The molecular formula is C27H28FN3O4S. The van der Waals surface area contributed by atoms with E-state index in [9.17, 15) is 17.6 Å². The molecule has 0 spiro atoms. The van der Waals surface area contributed by atoms with E-state index in [2.05, 4.69) is 5.16 Å². The highest BCUT2D eigenvalue weighted by Gasteiger charge is 2.40. The molecule has 2 atom stereocenters. The number of carbonyl (C=O) groups is 1. The van der Waals surface area contributed by atoms with Crippen molar-refractivity contribution < 1.29 is 22.1 Å². The van der Waals surface area contributed by atoms with E-state index >= 15 is 0 Å². The Balaban J connectivity index is 1.40. The lowest BCUT2D eigenvalue weighted by Crippen LogP contribution is -2.48. The zero-order valence-corrected chi connectivity index (χ0v) is 21.0. The van der Waals surface area contributed by atoms with Crippen molar-refractivity contribution >= 4 is 33.8 Å². The summed E-state index contributed by atoms with van der Waals surface area (Å²) in [7, 11) is -4.00. The maximum Gasteiger partial charge on any atom is 0.248 e. The van der Waals surface area contributed by atoms with Crippen molar-refractivity contribution in [1.29, 1.82) is 0 Å². The van der Waals surface area contributed by atoms with Gasteiger partial charge in [0.05, 0.1) is 5.92 Å². The van der Waals surface area contributed by atoms with Gasteiger partial charge in [-0.25, -0.2) is 12.8 Å². The van der Waals surface area contributed by atoms with Crippen LogP contribution in [0.2, 0.25) is 0 Å². The van der Waals surface area contributed by atoms with Crippen molar-refractivity contribution in [2.75, 3.05) is 18.0 Å². The number of carbonyl (C=O) groups excluding carboxylic acids is 1. The van der Waals surface area contributed by atoms with Crippen LogP contribution in [0.3, 0.4) is 0 Å². The van der Waals surface area contributed by atoms with E-state index in [0.29, 0.717) is 24.9 Å². The van der Waals surface area contributed by atoms with Gasteiger partial charge in [-0.2, -0.15) is 4.31 Å². The van der Waals surface area contributed by atoms with Gasteiger partial charge in [0, 0.05) is 30.4 Å². The Bertz CT molecular complexity index is 1430. The number of anilines is 1. The van der Waals surface area contributed by atoms with Gasteiger partial charge in [0.15, 0.2) is 10.7 Å². The van der Waals surface area contributed by atoms with Crippen molar-refractivity contribution in [2.45, 2.75) is 44.0 Å². The Hall–Kier alpha value is -3.30. The van der Waals surface area contributed by atoms with Gasteiger partial charge in [0.2, 0.25) is 15.9 Å². The highest BCUT2D eigenvalue weighted by Crippen LogP contribution is 2.35. The molecule has 0 saturated carbocycles. The molecule has 5 rings (SSSR count). The van der Waals surface area contributed by atoms with Crippen LogP contribution in [-0.4, -0.2) is 42.9 Å². The van der Waals surface area contributed by atoms with E-state index in [0.717, 1.165) is 17.7 Å². The number of piperidine rings is 1. The van der Waals surface area contributed by atoms with Gasteiger partial charge in [0.25, 0.3) is 0 Å². The molecule has 2 aliphatic rings. The predicted molar refractivity (Wildman–Crippen MR) is 135 cm³/mol. The van der Waals surface area contributed by atoms with Crippen molar-refractivity contribution in [3.05, 3.63) is 76.9 Å². The first kappa shape index (κ1) is 24.4. The molecule has 3 heterocycles. The summed E-state index contributed by atoms with van der Waals surface area (Å²) in [6.07, 6.45) is 4.86. The fourth-order valence-electron chi connectivity index (χ4n) is 5.16. The minimum absolute atomic E-state index is 0.0253. The molecule has 0 bridgehead atoms. The van der Waals surface area contributed by atoms with E-state index in [1.807, 2.05) is 36.1 Å². The second-order valence-electron chi connectivity index (χ2n) is 9.41. The van der Waals surface area contributed by atoms with Gasteiger partial charge in [0.1, 0.15) is 11.5 Å². The fourth-order valence-corrected chi connectivity index (χ4v) is 6.94. The number of rotatable bonds is 5. The predicted octanol–water partition coefficient (Wildman–Crippen LogP) is 4.67. The van der Waals surface area contributed by atoms with Crippen LogP contribution >= 0.6 is 0 Å². The molecule has 9 heteroatoms. The third-order valence-electron chi connectivity index (χ3n) is 6.93. The van der Waals surface area contributed by atoms with Crippen LogP contribution in [0.1, 0.15) is 42.3 Å². The normalized spacial score (nSPS) is 20.7. The van der Waals surface area contributed by atoms with Crippen LogP contribution in [0, 0.1) is 18.7 Å². The molecule has 0 unspecified atom stereocenters. The summed E-state index contributed by atoms with van der Waals surface area (Å²) in [6.45, 7) is 3.98. The number of amides is 1. The summed E-state index contributed by atoms with van der Waals surface area (Å²) in [5.74, 6) is -0.885. The molecular weight excluding hydrogens is 481 g/mol. The number of nitrogens with zero attached hydrogens (tertiary/aromatic N) is 3. The number of halogens is 1. The van der Waals surface area contributed by atoms with Crippen LogP contribution in [0.25, 0.3) is 12.2 Å². The number of para-hydroxylation sites is 1. The topological polar surface area (TPSA) is 83.7 Å². The van der Waals surface area contributed by atoms with Crippen LogP contribution in [0.15, 0.2) is 57.9 Å². The molecule has 1 saturated heterocycles. The van der Waals surface area contributed by atoms with Gasteiger partial charge in [-0.3, -0.25) is 4.79 Å². The van der Waals surface area contributed by atoms with Crippen molar-refractivity contribution in [3.8, 4) is 0 Å². The number of fused-ring (bicyclic) bond motifs is 1. The molecule has 7 nitrogen and oxygen atoms in total. The van der Waals surface area contributed by atoms with Crippen LogP contribution < -0.4 is 4.90 Å². The molecule has 1 amide bonds. The van der Waals surface area contributed by atoms with Crippen molar-refractivity contribution in [3.63, 3.8) is 0 Å². The summed E-state index contributed by atoms with van der Waals surface area (Å²) in [5, 5.41) is 3.86. The number of aryl methyl sites for hydroxylation is 1. The molecule has 36 heavy (non-hydrogen) atoms. The highest BCUT2D eigenvalue weighted by molar-refractivity contribution is 7.89. The van der Waals surface area contributed by atoms with Gasteiger partial charge in [-0.15, -0.1) is 0 Å². The van der Waals surface area contributed by atoms with Gasteiger partial charge in [-0.1, -0.05) is 41.6 Å². The summed E-state index contributed by atoms with van der Waals surface area (Å²) < 4.78 is 48.1. The maximum absolute atomic E-state index is 14.0. The zero-order valence-electron chi connectivity index (χ0n) is 20.2. The van der Waals surface area contributed by atoms with Crippen LogP contribution in [0.5, 0.6) is 0 Å². The average molecular weight is 510 g/mol. The largest absolute Gasteiger partial charge is 0.355 e. The Morgan fingerprint density at radius 3 is 2.69 bits per heavy atom. The van der Waals surface area contributed by atoms with Gasteiger partial charge in [-0.05, 0) is 63.0 Å². The van der Waals surface area contributed by atoms with E-state index < -0.39 is 21.8 Å². The highest BCUT2D eigenvalue weighted by atomic mass is 32.2. The smallest absolute Gasteiger partial charge is 0.248 e. The standard InChI is InChI=1S/C27H28FN3O4S/c1-18-16-21-9-4-6-12-24(21)31(18)27(32)22-10-7-15-30(17-22)36(33,34)26-19(2)29-35-25(26)14-13-20-8-3-5-11-23(20)28/h3-6,8-9,11-14,18,22H,7,10,15-17H2,1-2H3/b14-13+/t18-,22-/m0/s1. The summed E-state index contributed by atoms with van der Waals surface area (Å²) in [4.78, 5) is 15.4. The molecule has 1 fully saturated rings. The second kappa shape index (κ2) is 9.63. The summed E-state index contributed by atoms with van der Waals surface area (Å²) in [6, 6.07) is 14.1. The Labute approximate surface area is 210 Å². The van der Waals surface area contributed by atoms with E-state index in [-0.39, 0.29) is 34.8 Å². The third kappa shape index (κ3) is 4.37. The molecule has 188 valence electrons. The molecule has 1 aromatic heterocycles. The number of benzene rings is 2. The number of aromatic nitrogens is 1. The van der Waals surface area contributed by atoms with E-state index in [4.69, 9.17) is 4.52 Å². The monoisotopic (exact) mass is 509 g/mol. The Morgan fingerprint density at radius 1 is 1.14 bits per heavy atom.